The summed E-state index contributed by atoms with van der Waals surface area (Å²) in [5, 5.41) is 7.83. The van der Waals surface area contributed by atoms with Crippen LogP contribution in [0.2, 0.25) is 5.02 Å². The lowest BCUT2D eigenvalue weighted by Gasteiger charge is -2.07. The van der Waals surface area contributed by atoms with Crippen molar-refractivity contribution in [2.45, 2.75) is 6.92 Å². The molecule has 0 saturated heterocycles. The van der Waals surface area contributed by atoms with Gasteiger partial charge in [-0.25, -0.2) is 4.52 Å². The molecule has 8 heteroatoms. The van der Waals surface area contributed by atoms with Gasteiger partial charge < -0.3 is 4.74 Å². The maximum absolute atomic E-state index is 12.4. The molecule has 6 nitrogen and oxygen atoms in total. The summed E-state index contributed by atoms with van der Waals surface area (Å²) >= 11 is 7.54. The van der Waals surface area contributed by atoms with E-state index in [9.17, 15) is 4.79 Å². The number of halogens is 1. The van der Waals surface area contributed by atoms with Crippen molar-refractivity contribution in [2.75, 3.05) is 12.4 Å². The van der Waals surface area contributed by atoms with E-state index in [1.807, 2.05) is 49.4 Å². The summed E-state index contributed by atoms with van der Waals surface area (Å²) in [6.07, 6.45) is 0. The molecule has 4 aromatic rings. The molecule has 0 unspecified atom stereocenters. The van der Waals surface area contributed by atoms with Gasteiger partial charge in [-0.2, -0.15) is 4.98 Å². The molecule has 4 rings (SSSR count). The third-order valence-corrected chi connectivity index (χ3v) is 5.21. The summed E-state index contributed by atoms with van der Waals surface area (Å²) in [6.45, 7) is 1.95. The van der Waals surface area contributed by atoms with Crippen molar-refractivity contribution in [1.82, 2.24) is 14.6 Å². The number of carbonyl (C=O) groups is 1. The van der Waals surface area contributed by atoms with Crippen molar-refractivity contribution in [2.24, 2.45) is 0 Å². The molecule has 0 bridgehead atoms. The normalized spacial score (nSPS) is 10.9. The first-order valence-electron chi connectivity index (χ1n) is 8.12. The van der Waals surface area contributed by atoms with Gasteiger partial charge in [0.05, 0.1) is 17.7 Å². The first-order valence-corrected chi connectivity index (χ1v) is 9.32. The number of hydrogen-bond acceptors (Lipinski definition) is 5. The van der Waals surface area contributed by atoms with Crippen molar-refractivity contribution < 1.29 is 9.53 Å². The van der Waals surface area contributed by atoms with Gasteiger partial charge in [0.15, 0.2) is 11.4 Å². The molecule has 0 aliphatic heterocycles. The zero-order valence-electron chi connectivity index (χ0n) is 14.6. The summed E-state index contributed by atoms with van der Waals surface area (Å²) in [4.78, 5) is 18.5. The van der Waals surface area contributed by atoms with E-state index >= 15 is 0 Å². The highest BCUT2D eigenvalue weighted by molar-refractivity contribution is 7.14. The van der Waals surface area contributed by atoms with Gasteiger partial charge in [0.25, 0.3) is 5.91 Å². The van der Waals surface area contributed by atoms with Crippen LogP contribution in [0.3, 0.4) is 0 Å². The van der Waals surface area contributed by atoms with Crippen LogP contribution in [0.5, 0.6) is 5.75 Å². The number of pyridine rings is 1. The highest BCUT2D eigenvalue weighted by Crippen LogP contribution is 2.28. The Morgan fingerprint density at radius 1 is 1.22 bits per heavy atom. The maximum Gasteiger partial charge on any atom is 0.268 e. The van der Waals surface area contributed by atoms with Crippen molar-refractivity contribution in [3.8, 4) is 17.0 Å². The number of methoxy groups -OCH3 is 1. The first kappa shape index (κ1) is 17.5. The second-order valence-electron chi connectivity index (χ2n) is 5.83. The maximum atomic E-state index is 12.4. The first-order chi connectivity index (χ1) is 13.0. The predicted octanol–water partition coefficient (Wildman–Crippen LogP) is 4.68. The number of aryl methyl sites for hydroxylation is 1. The van der Waals surface area contributed by atoms with Gasteiger partial charge in [0.1, 0.15) is 0 Å². The molecule has 0 fully saturated rings. The second-order valence-corrected chi connectivity index (χ2v) is 7.56. The standard InChI is InChI=1S/C19H15ClN4O2S/c1-11-6-9-16(27-11)18(25)22-19-21-17-15(26-2)8-7-14(24(17)23-19)12-4-3-5-13(20)10-12/h3-10H,1-2H3,(H,22,23,25). The van der Waals surface area contributed by atoms with Crippen LogP contribution in [0.15, 0.2) is 48.5 Å². The molecule has 0 aliphatic rings. The largest absolute Gasteiger partial charge is 0.493 e. The Kier molecular flexibility index (Phi) is 4.55. The van der Waals surface area contributed by atoms with Gasteiger partial charge in [-0.3, -0.25) is 10.1 Å². The molecule has 1 amide bonds. The monoisotopic (exact) mass is 398 g/mol. The molecular weight excluding hydrogens is 384 g/mol. The van der Waals surface area contributed by atoms with Crippen molar-refractivity contribution in [1.29, 1.82) is 0 Å². The fourth-order valence-corrected chi connectivity index (χ4v) is 3.69. The summed E-state index contributed by atoms with van der Waals surface area (Å²) < 4.78 is 7.03. The fraction of sp³-hybridized carbons (Fsp3) is 0.105. The Balaban J connectivity index is 1.78. The number of thiophene rings is 1. The number of nitrogens with zero attached hydrogens (tertiary/aromatic N) is 3. The quantitative estimate of drug-likeness (QED) is 0.542. The van der Waals surface area contributed by atoms with Gasteiger partial charge in [0.2, 0.25) is 5.95 Å². The van der Waals surface area contributed by atoms with E-state index in [2.05, 4.69) is 15.4 Å². The van der Waals surface area contributed by atoms with Gasteiger partial charge in [-0.1, -0.05) is 23.7 Å². The van der Waals surface area contributed by atoms with Crippen LogP contribution in [0, 0.1) is 6.92 Å². The highest BCUT2D eigenvalue weighted by atomic mass is 35.5. The van der Waals surface area contributed by atoms with Crippen LogP contribution in [0.4, 0.5) is 5.95 Å². The van der Waals surface area contributed by atoms with E-state index in [4.69, 9.17) is 16.3 Å². The van der Waals surface area contributed by atoms with E-state index < -0.39 is 0 Å². The smallest absolute Gasteiger partial charge is 0.268 e. The van der Waals surface area contributed by atoms with Gasteiger partial charge in [0, 0.05) is 15.5 Å². The predicted molar refractivity (Wildman–Crippen MR) is 107 cm³/mol. The van der Waals surface area contributed by atoms with Crippen molar-refractivity contribution in [3.63, 3.8) is 0 Å². The number of ether oxygens (including phenoxy) is 1. The van der Waals surface area contributed by atoms with Gasteiger partial charge in [-0.15, -0.1) is 16.4 Å². The number of anilines is 1. The zero-order valence-corrected chi connectivity index (χ0v) is 16.1. The van der Waals surface area contributed by atoms with Crippen LogP contribution in [0.25, 0.3) is 16.9 Å². The number of aromatic nitrogens is 3. The molecule has 0 radical (unpaired) electrons. The molecular formula is C19H15ClN4O2S. The lowest BCUT2D eigenvalue weighted by Crippen LogP contribution is -2.11. The van der Waals surface area contributed by atoms with E-state index in [-0.39, 0.29) is 11.9 Å². The molecule has 0 atom stereocenters. The van der Waals surface area contributed by atoms with E-state index in [0.29, 0.717) is 21.3 Å². The Morgan fingerprint density at radius 3 is 2.78 bits per heavy atom. The zero-order chi connectivity index (χ0) is 19.0. The molecule has 1 aromatic carbocycles. The number of fused-ring (bicyclic) bond motifs is 1. The SMILES string of the molecule is COc1ccc(-c2cccc(Cl)c2)n2nc(NC(=O)c3ccc(C)s3)nc12. The number of carbonyl (C=O) groups excluding carboxylic acids is 1. The lowest BCUT2D eigenvalue weighted by atomic mass is 10.1. The number of rotatable bonds is 4. The van der Waals surface area contributed by atoms with E-state index in [0.717, 1.165) is 16.1 Å². The van der Waals surface area contributed by atoms with Gasteiger partial charge in [-0.05, 0) is 43.3 Å². The summed E-state index contributed by atoms with van der Waals surface area (Å²) in [6, 6.07) is 14.8. The second kappa shape index (κ2) is 7.02. The number of nitrogens with one attached hydrogen (secondary N) is 1. The lowest BCUT2D eigenvalue weighted by molar-refractivity contribution is 0.102. The number of benzene rings is 1. The Bertz CT molecular complexity index is 1150. The summed E-state index contributed by atoms with van der Waals surface area (Å²) in [5.74, 6) is 0.520. The average molecular weight is 399 g/mol. The van der Waals surface area contributed by atoms with Crippen LogP contribution >= 0.6 is 22.9 Å². The number of hydrogen-bond donors (Lipinski definition) is 1. The minimum Gasteiger partial charge on any atom is -0.493 e. The Labute approximate surface area is 164 Å². The van der Waals surface area contributed by atoms with E-state index in [1.165, 1.54) is 11.3 Å². The summed E-state index contributed by atoms with van der Waals surface area (Å²) in [5.41, 5.74) is 2.17. The van der Waals surface area contributed by atoms with Crippen molar-refractivity contribution >= 4 is 40.4 Å². The topological polar surface area (TPSA) is 68.5 Å². The Hall–Kier alpha value is -2.90. The molecule has 0 aliphatic carbocycles. The minimum absolute atomic E-state index is 0.207. The van der Waals surface area contributed by atoms with Crippen LogP contribution in [-0.2, 0) is 0 Å². The highest BCUT2D eigenvalue weighted by Gasteiger charge is 2.16. The summed E-state index contributed by atoms with van der Waals surface area (Å²) in [7, 11) is 1.57. The van der Waals surface area contributed by atoms with Gasteiger partial charge >= 0.3 is 0 Å². The third kappa shape index (κ3) is 3.39. The number of amides is 1. The minimum atomic E-state index is -0.243. The molecule has 136 valence electrons. The molecule has 3 aromatic heterocycles. The fourth-order valence-electron chi connectivity index (χ4n) is 2.74. The molecule has 27 heavy (non-hydrogen) atoms. The molecule has 0 spiro atoms. The molecule has 3 heterocycles. The molecule has 0 saturated carbocycles. The van der Waals surface area contributed by atoms with Crippen LogP contribution < -0.4 is 10.1 Å². The third-order valence-electron chi connectivity index (χ3n) is 3.98. The van der Waals surface area contributed by atoms with Crippen LogP contribution in [0.1, 0.15) is 14.5 Å². The Morgan fingerprint density at radius 2 is 2.07 bits per heavy atom. The van der Waals surface area contributed by atoms with Crippen LogP contribution in [-0.4, -0.2) is 27.6 Å². The average Bonchev–Trinajstić information content (AvgIpc) is 3.27. The van der Waals surface area contributed by atoms with Crippen molar-refractivity contribution in [3.05, 3.63) is 63.3 Å². The molecule has 1 N–H and O–H groups in total. The van der Waals surface area contributed by atoms with E-state index in [1.54, 1.807) is 17.7 Å².